The smallest absolute Gasteiger partial charge is 0.186 e. The zero-order chi connectivity index (χ0) is 26.4. The number of hydrogen-bond donors (Lipinski definition) is 0. The van der Waals surface area contributed by atoms with E-state index in [9.17, 15) is 15.3 Å². The van der Waals surface area contributed by atoms with Crippen molar-refractivity contribution in [3.63, 3.8) is 0 Å². The Kier molecular flexibility index (Phi) is 8.24. The monoisotopic (exact) mass is 508 g/mol. The summed E-state index contributed by atoms with van der Waals surface area (Å²) in [5, 5.41) is 24.4. The van der Waals surface area contributed by atoms with Gasteiger partial charge >= 0.3 is 0 Å². The van der Waals surface area contributed by atoms with E-state index >= 15 is 0 Å². The Hall–Kier alpha value is -3.71. The molecule has 3 atom stereocenters. The van der Waals surface area contributed by atoms with Gasteiger partial charge in [0.15, 0.2) is 11.2 Å². The first-order valence-corrected chi connectivity index (χ1v) is 13.7. The van der Waals surface area contributed by atoms with Gasteiger partial charge in [-0.05, 0) is 48.3 Å². The molecule has 2 aliphatic heterocycles. The highest BCUT2D eigenvalue weighted by Crippen LogP contribution is 2.55. The van der Waals surface area contributed by atoms with E-state index in [1.165, 1.54) is 31.0 Å². The van der Waals surface area contributed by atoms with Crippen molar-refractivity contribution < 1.29 is 4.79 Å². The van der Waals surface area contributed by atoms with E-state index in [2.05, 4.69) is 37.8 Å². The summed E-state index contributed by atoms with van der Waals surface area (Å²) in [5.41, 5.74) is 1.92. The Bertz CT molecular complexity index is 1300. The third-order valence-electron chi connectivity index (χ3n) is 7.49. The van der Waals surface area contributed by atoms with Crippen molar-refractivity contribution in [3.05, 3.63) is 94.2 Å². The standard InChI is InChI=1S/C25H17N3OS.C6H15N/c26-15-25(16-27)21-11-10-17-6-4-5-9-20(17)28(21)23(24(29)19-12-13-30-14-19)22(25)18-7-2-1-3-8-18;1-4-7(5-2)6-3/h1-14,21-23H;4-6H2,1-3H3/t21-,22-,23+;/m1./s1. The number of nitriles is 2. The molecule has 3 aromatic rings. The van der Waals surface area contributed by atoms with Crippen LogP contribution < -0.4 is 4.90 Å². The number of thiophene rings is 1. The predicted octanol–water partition coefficient (Wildman–Crippen LogP) is 6.38. The van der Waals surface area contributed by atoms with Crippen LogP contribution in [-0.2, 0) is 0 Å². The molecule has 0 bridgehead atoms. The average Bonchev–Trinajstić information content (AvgIpc) is 3.60. The quantitative estimate of drug-likeness (QED) is 0.361. The third-order valence-corrected chi connectivity index (χ3v) is 8.17. The van der Waals surface area contributed by atoms with Crippen molar-refractivity contribution >= 4 is 28.9 Å². The number of carbonyl (C=O) groups is 1. The number of Topliss-reactive ketones (excluding diaryl/α,β-unsaturated/α-hetero) is 1. The number of rotatable bonds is 6. The number of benzene rings is 2. The maximum absolute atomic E-state index is 13.8. The summed E-state index contributed by atoms with van der Waals surface area (Å²) >= 11 is 1.47. The van der Waals surface area contributed by atoms with E-state index in [0.717, 1.165) is 16.8 Å². The van der Waals surface area contributed by atoms with Crippen LogP contribution in [0.4, 0.5) is 5.69 Å². The van der Waals surface area contributed by atoms with Gasteiger partial charge in [-0.25, -0.2) is 0 Å². The van der Waals surface area contributed by atoms with Crippen LogP contribution in [0.25, 0.3) is 6.08 Å². The summed E-state index contributed by atoms with van der Waals surface area (Å²) in [7, 11) is 0. The van der Waals surface area contributed by atoms with E-state index < -0.39 is 23.4 Å². The zero-order valence-electron chi connectivity index (χ0n) is 21.5. The van der Waals surface area contributed by atoms with Crippen LogP contribution in [-0.4, -0.2) is 42.4 Å². The first kappa shape index (κ1) is 26.4. The summed E-state index contributed by atoms with van der Waals surface area (Å²) in [4.78, 5) is 18.2. The van der Waals surface area contributed by atoms with Gasteiger partial charge in [-0.15, -0.1) is 0 Å². The highest BCUT2D eigenvalue weighted by Gasteiger charge is 2.63. The van der Waals surface area contributed by atoms with E-state index in [-0.39, 0.29) is 5.78 Å². The summed E-state index contributed by atoms with van der Waals surface area (Å²) < 4.78 is 0. The lowest BCUT2D eigenvalue weighted by atomic mass is 9.69. The molecule has 5 nitrogen and oxygen atoms in total. The maximum Gasteiger partial charge on any atom is 0.186 e. The number of hydrogen-bond acceptors (Lipinski definition) is 6. The fourth-order valence-electron chi connectivity index (χ4n) is 5.51. The number of carbonyl (C=O) groups excluding carboxylic acids is 1. The fraction of sp³-hybridized carbons (Fsp3) is 0.323. The van der Waals surface area contributed by atoms with Crippen LogP contribution in [0.1, 0.15) is 48.2 Å². The van der Waals surface area contributed by atoms with Crippen molar-refractivity contribution in [1.82, 2.24) is 4.90 Å². The van der Waals surface area contributed by atoms with E-state index in [0.29, 0.717) is 5.56 Å². The minimum absolute atomic E-state index is 0.0624. The summed E-state index contributed by atoms with van der Waals surface area (Å²) in [6, 6.07) is 22.7. The van der Waals surface area contributed by atoms with Crippen molar-refractivity contribution in [1.29, 1.82) is 10.5 Å². The van der Waals surface area contributed by atoms with Crippen LogP contribution in [0.2, 0.25) is 0 Å². The van der Waals surface area contributed by atoms with Gasteiger partial charge in [0.1, 0.15) is 6.04 Å². The highest BCUT2D eigenvalue weighted by molar-refractivity contribution is 7.08. The molecule has 3 heterocycles. The van der Waals surface area contributed by atoms with Gasteiger partial charge < -0.3 is 9.80 Å². The normalized spacial score (nSPS) is 20.7. The SMILES string of the molecule is CCN(CC)CC.N#CC1(C#N)[C@H](c2ccccc2)[C@@H](C(=O)c2ccsc2)N2c3ccccc3C=C[C@@H]21. The Morgan fingerprint density at radius 1 is 0.973 bits per heavy atom. The van der Waals surface area contributed by atoms with Crippen LogP contribution in [0.5, 0.6) is 0 Å². The van der Waals surface area contributed by atoms with Crippen LogP contribution in [0.15, 0.2) is 77.5 Å². The first-order chi connectivity index (χ1) is 18.1. The topological polar surface area (TPSA) is 71.1 Å². The number of fused-ring (bicyclic) bond motifs is 3. The second kappa shape index (κ2) is 11.6. The Labute approximate surface area is 223 Å². The van der Waals surface area contributed by atoms with E-state index in [4.69, 9.17) is 0 Å². The molecule has 0 spiro atoms. The number of para-hydroxylation sites is 1. The van der Waals surface area contributed by atoms with Crippen molar-refractivity contribution in [2.75, 3.05) is 24.5 Å². The molecule has 0 N–H and O–H groups in total. The molecule has 1 saturated heterocycles. The average molecular weight is 509 g/mol. The molecule has 37 heavy (non-hydrogen) atoms. The molecule has 6 heteroatoms. The molecular formula is C31H32N4OS. The van der Waals surface area contributed by atoms with Gasteiger partial charge in [0, 0.05) is 22.5 Å². The van der Waals surface area contributed by atoms with Gasteiger partial charge in [-0.3, -0.25) is 4.79 Å². The number of anilines is 1. The lowest BCUT2D eigenvalue weighted by Crippen LogP contribution is -2.44. The van der Waals surface area contributed by atoms with Crippen molar-refractivity contribution in [2.45, 2.75) is 38.8 Å². The molecule has 0 amide bonds. The van der Waals surface area contributed by atoms with Gasteiger partial charge in [0.05, 0.1) is 18.2 Å². The highest BCUT2D eigenvalue weighted by atomic mass is 32.1. The molecule has 2 aromatic carbocycles. The predicted molar refractivity (Wildman–Crippen MR) is 150 cm³/mol. The molecular weight excluding hydrogens is 476 g/mol. The van der Waals surface area contributed by atoms with Gasteiger partial charge in [0.2, 0.25) is 0 Å². The maximum atomic E-state index is 13.8. The third kappa shape index (κ3) is 4.71. The van der Waals surface area contributed by atoms with Crippen molar-refractivity contribution in [2.24, 2.45) is 5.41 Å². The zero-order valence-corrected chi connectivity index (χ0v) is 22.4. The molecule has 0 radical (unpaired) electrons. The second-order valence-electron chi connectivity index (χ2n) is 9.19. The largest absolute Gasteiger partial charge is 0.351 e. The molecule has 188 valence electrons. The van der Waals surface area contributed by atoms with Crippen LogP contribution >= 0.6 is 11.3 Å². The molecule has 5 rings (SSSR count). The van der Waals surface area contributed by atoms with Gasteiger partial charge in [-0.1, -0.05) is 81.5 Å². The van der Waals surface area contributed by atoms with E-state index in [1.807, 2.05) is 88.5 Å². The second-order valence-corrected chi connectivity index (χ2v) is 9.97. The van der Waals surface area contributed by atoms with Crippen LogP contribution in [0, 0.1) is 28.1 Å². The Morgan fingerprint density at radius 3 is 2.19 bits per heavy atom. The minimum atomic E-state index is -1.39. The molecule has 1 fully saturated rings. The number of nitrogens with zero attached hydrogens (tertiary/aromatic N) is 4. The minimum Gasteiger partial charge on any atom is -0.351 e. The molecule has 0 saturated carbocycles. The van der Waals surface area contributed by atoms with E-state index in [1.54, 1.807) is 0 Å². The summed E-state index contributed by atoms with van der Waals surface area (Å²) in [5.74, 6) is -0.644. The Morgan fingerprint density at radius 2 is 1.62 bits per heavy atom. The number of ketones is 1. The molecule has 0 aliphatic carbocycles. The van der Waals surface area contributed by atoms with Gasteiger partial charge in [0.25, 0.3) is 0 Å². The van der Waals surface area contributed by atoms with Crippen LogP contribution in [0.3, 0.4) is 0 Å². The lowest BCUT2D eigenvalue weighted by molar-refractivity contribution is 0.0951. The Balaban J connectivity index is 0.000000405. The van der Waals surface area contributed by atoms with Gasteiger partial charge in [-0.2, -0.15) is 21.9 Å². The fourth-order valence-corrected chi connectivity index (χ4v) is 6.16. The lowest BCUT2D eigenvalue weighted by Gasteiger charge is -2.35. The first-order valence-electron chi connectivity index (χ1n) is 12.8. The molecule has 1 aromatic heterocycles. The molecule has 2 aliphatic rings. The van der Waals surface area contributed by atoms with Crippen molar-refractivity contribution in [3.8, 4) is 12.1 Å². The summed E-state index contributed by atoms with van der Waals surface area (Å²) in [6.07, 6.45) is 3.87. The summed E-state index contributed by atoms with van der Waals surface area (Å²) in [6.45, 7) is 10.1. The molecule has 0 unspecified atom stereocenters.